The number of methoxy groups -OCH3 is 3. The minimum absolute atomic E-state index is 0.0400. The molecule has 8 nitrogen and oxygen atoms in total. The molecule has 2 rings (SSSR count). The zero-order chi connectivity index (χ0) is 17.7. The quantitative estimate of drug-likeness (QED) is 0.591. The third-order valence-corrected chi connectivity index (χ3v) is 5.49. The summed E-state index contributed by atoms with van der Waals surface area (Å²) in [7, 11) is 1.41. The Kier molecular flexibility index (Phi) is 5.66. The first-order valence-corrected chi connectivity index (χ1v) is 9.05. The van der Waals surface area contributed by atoms with Gasteiger partial charge in [0.05, 0.1) is 45.0 Å². The zero-order valence-corrected chi connectivity index (χ0v) is 14.6. The first-order valence-electron chi connectivity index (χ1n) is 7.23. The average molecular weight is 356 g/mol. The number of hydrogen-bond acceptors (Lipinski definition) is 7. The van der Waals surface area contributed by atoms with Crippen LogP contribution >= 0.6 is 0 Å². The maximum Gasteiger partial charge on any atom is 0.244 e. The highest BCUT2D eigenvalue weighted by Crippen LogP contribution is 2.33. The Morgan fingerprint density at radius 2 is 1.79 bits per heavy atom. The number of carbonyl (C=O) groups excluding carboxylic acids is 1. The molecule has 1 aromatic carbocycles. The Bertz CT molecular complexity index is 745. The van der Waals surface area contributed by atoms with E-state index in [0.29, 0.717) is 29.2 Å². The minimum atomic E-state index is -3.11. The topological polar surface area (TPSA) is 103 Å². The molecule has 0 spiro atoms. The molecule has 1 aromatic rings. The summed E-state index contributed by atoms with van der Waals surface area (Å²) in [6.07, 6.45) is 1.73. The van der Waals surface area contributed by atoms with E-state index >= 15 is 0 Å². The largest absolute Gasteiger partial charge is 0.496 e. The van der Waals surface area contributed by atoms with Gasteiger partial charge in [-0.2, -0.15) is 5.10 Å². The fraction of sp³-hybridized carbons (Fsp3) is 0.467. The zero-order valence-electron chi connectivity index (χ0n) is 13.7. The van der Waals surface area contributed by atoms with Crippen LogP contribution in [-0.4, -0.2) is 53.4 Å². The van der Waals surface area contributed by atoms with Gasteiger partial charge in [-0.25, -0.2) is 13.8 Å². The summed E-state index contributed by atoms with van der Waals surface area (Å²) in [5, 5.41) is 3.88. The van der Waals surface area contributed by atoms with Crippen LogP contribution in [0.1, 0.15) is 12.0 Å². The van der Waals surface area contributed by atoms with E-state index in [0.717, 1.165) is 0 Å². The molecule has 1 fully saturated rings. The molecule has 132 valence electrons. The molecule has 0 saturated carbocycles. The van der Waals surface area contributed by atoms with Crippen LogP contribution in [0.3, 0.4) is 0 Å². The van der Waals surface area contributed by atoms with Gasteiger partial charge in [-0.05, 0) is 12.5 Å². The second kappa shape index (κ2) is 7.52. The minimum Gasteiger partial charge on any atom is -0.496 e. The highest BCUT2D eigenvalue weighted by Gasteiger charge is 2.32. The van der Waals surface area contributed by atoms with Crippen LogP contribution in [-0.2, 0) is 14.6 Å². The number of rotatable bonds is 6. The Labute approximate surface area is 140 Å². The van der Waals surface area contributed by atoms with E-state index in [-0.39, 0.29) is 11.5 Å². The van der Waals surface area contributed by atoms with Crippen molar-refractivity contribution < 1.29 is 27.4 Å². The van der Waals surface area contributed by atoms with Crippen LogP contribution < -0.4 is 19.6 Å². The van der Waals surface area contributed by atoms with Crippen molar-refractivity contribution in [2.24, 2.45) is 11.0 Å². The van der Waals surface area contributed by atoms with Crippen molar-refractivity contribution in [3.8, 4) is 17.2 Å². The summed E-state index contributed by atoms with van der Waals surface area (Å²) in [4.78, 5) is 11.9. The van der Waals surface area contributed by atoms with Crippen LogP contribution in [0.2, 0.25) is 0 Å². The molecule has 1 saturated heterocycles. The number of carbonyl (C=O) groups is 1. The molecule has 1 aliphatic rings. The van der Waals surface area contributed by atoms with Crippen molar-refractivity contribution in [3.05, 3.63) is 17.7 Å². The third-order valence-electron chi connectivity index (χ3n) is 3.72. The first kappa shape index (κ1) is 18.1. The highest BCUT2D eigenvalue weighted by molar-refractivity contribution is 7.91. The van der Waals surface area contributed by atoms with Crippen molar-refractivity contribution in [2.45, 2.75) is 6.42 Å². The van der Waals surface area contributed by atoms with Crippen LogP contribution in [0.25, 0.3) is 0 Å². The molecule has 0 unspecified atom stereocenters. The fourth-order valence-corrected chi connectivity index (χ4v) is 4.15. The molecule has 1 atom stereocenters. The molecule has 9 heteroatoms. The van der Waals surface area contributed by atoms with Gasteiger partial charge in [-0.15, -0.1) is 0 Å². The lowest BCUT2D eigenvalue weighted by Crippen LogP contribution is -2.27. The predicted molar refractivity (Wildman–Crippen MR) is 88.6 cm³/mol. The van der Waals surface area contributed by atoms with Gasteiger partial charge in [0.1, 0.15) is 5.75 Å². The van der Waals surface area contributed by atoms with E-state index in [1.54, 1.807) is 12.1 Å². The van der Waals surface area contributed by atoms with Gasteiger partial charge in [0.25, 0.3) is 0 Å². The molecule has 0 radical (unpaired) electrons. The van der Waals surface area contributed by atoms with E-state index in [1.165, 1.54) is 27.5 Å². The fourth-order valence-electron chi connectivity index (χ4n) is 2.41. The van der Waals surface area contributed by atoms with Crippen molar-refractivity contribution >= 4 is 22.0 Å². The lowest BCUT2D eigenvalue weighted by molar-refractivity contribution is -0.124. The second-order valence-corrected chi connectivity index (χ2v) is 7.51. The maximum atomic E-state index is 11.9. The standard InChI is InChI=1S/C15H20N2O6S/c1-21-12-7-14(23-3)13(22-2)6-11(12)8-16-17-15(18)10-4-5-24(19,20)9-10/h6-8,10H,4-5,9H2,1-3H3,(H,17,18)/b16-8-/t10-/m1/s1. The van der Waals surface area contributed by atoms with Gasteiger partial charge in [0.2, 0.25) is 5.91 Å². The number of ether oxygens (including phenoxy) is 3. The van der Waals surface area contributed by atoms with Gasteiger partial charge in [0, 0.05) is 11.6 Å². The first-order chi connectivity index (χ1) is 11.4. The molecule has 0 aromatic heterocycles. The summed E-state index contributed by atoms with van der Waals surface area (Å²) < 4.78 is 38.4. The predicted octanol–water partition coefficient (Wildman–Crippen LogP) is 0.597. The SMILES string of the molecule is COc1cc(OC)c(OC)cc1/C=N\NC(=O)[C@@H]1CCS(=O)(=O)C1. The van der Waals surface area contributed by atoms with E-state index < -0.39 is 21.7 Å². The van der Waals surface area contributed by atoms with Gasteiger partial charge >= 0.3 is 0 Å². The molecule has 1 aliphatic heterocycles. The van der Waals surface area contributed by atoms with Crippen molar-refractivity contribution in [1.82, 2.24) is 5.43 Å². The van der Waals surface area contributed by atoms with Crippen LogP contribution in [0.4, 0.5) is 0 Å². The molecule has 24 heavy (non-hydrogen) atoms. The number of hydrogen-bond donors (Lipinski definition) is 1. The number of hydrazone groups is 1. The smallest absolute Gasteiger partial charge is 0.244 e. The number of benzene rings is 1. The summed E-state index contributed by atoms with van der Waals surface area (Å²) in [6, 6.07) is 3.30. The molecular formula is C15H20N2O6S. The lowest BCUT2D eigenvalue weighted by atomic mass is 10.1. The van der Waals surface area contributed by atoms with Gasteiger partial charge < -0.3 is 14.2 Å². The lowest BCUT2D eigenvalue weighted by Gasteiger charge is -2.12. The van der Waals surface area contributed by atoms with Gasteiger partial charge in [-0.3, -0.25) is 4.79 Å². The average Bonchev–Trinajstić information content (AvgIpc) is 2.94. The molecular weight excluding hydrogens is 336 g/mol. The summed E-state index contributed by atoms with van der Waals surface area (Å²) in [5.41, 5.74) is 2.94. The van der Waals surface area contributed by atoms with Crippen molar-refractivity contribution in [1.29, 1.82) is 0 Å². The van der Waals surface area contributed by atoms with Gasteiger partial charge in [0.15, 0.2) is 21.3 Å². The molecule has 1 N–H and O–H groups in total. The van der Waals surface area contributed by atoms with Crippen molar-refractivity contribution in [2.75, 3.05) is 32.8 Å². The monoisotopic (exact) mass is 356 g/mol. The molecule has 0 bridgehead atoms. The highest BCUT2D eigenvalue weighted by atomic mass is 32.2. The van der Waals surface area contributed by atoms with E-state index in [2.05, 4.69) is 10.5 Å². The van der Waals surface area contributed by atoms with E-state index in [4.69, 9.17) is 14.2 Å². The Hall–Kier alpha value is -2.29. The summed E-state index contributed by atoms with van der Waals surface area (Å²) >= 11 is 0. The number of nitrogens with one attached hydrogen (secondary N) is 1. The third kappa shape index (κ3) is 4.16. The van der Waals surface area contributed by atoms with E-state index in [1.807, 2.05) is 0 Å². The summed E-state index contributed by atoms with van der Waals surface area (Å²) in [5.74, 6) is 0.437. The Morgan fingerprint density at radius 3 is 2.33 bits per heavy atom. The van der Waals surface area contributed by atoms with Crippen LogP contribution in [0, 0.1) is 5.92 Å². The Balaban J connectivity index is 2.10. The molecule has 1 amide bonds. The normalized spacial score (nSPS) is 19.2. The van der Waals surface area contributed by atoms with Crippen LogP contribution in [0.5, 0.6) is 17.2 Å². The number of sulfone groups is 1. The Morgan fingerprint density at radius 1 is 1.17 bits per heavy atom. The maximum absolute atomic E-state index is 11.9. The van der Waals surface area contributed by atoms with Gasteiger partial charge in [-0.1, -0.05) is 0 Å². The number of amides is 1. The number of nitrogens with zero attached hydrogens (tertiary/aromatic N) is 1. The van der Waals surface area contributed by atoms with E-state index in [9.17, 15) is 13.2 Å². The summed E-state index contributed by atoms with van der Waals surface area (Å²) in [6.45, 7) is 0. The molecule has 0 aliphatic carbocycles. The molecule has 1 heterocycles. The van der Waals surface area contributed by atoms with Crippen LogP contribution in [0.15, 0.2) is 17.2 Å². The van der Waals surface area contributed by atoms with Crippen molar-refractivity contribution in [3.63, 3.8) is 0 Å². The second-order valence-electron chi connectivity index (χ2n) is 5.28.